The summed E-state index contributed by atoms with van der Waals surface area (Å²) in [4.78, 5) is 26.9. The van der Waals surface area contributed by atoms with Crippen LogP contribution in [-0.4, -0.2) is 55.3 Å². The number of likely N-dealkylation sites (N-methyl/N-ethyl adjacent to an activating group) is 1. The number of anilines is 2. The Morgan fingerprint density at radius 2 is 1.77 bits per heavy atom. The van der Waals surface area contributed by atoms with Gasteiger partial charge in [0.2, 0.25) is 0 Å². The van der Waals surface area contributed by atoms with Gasteiger partial charge in [0.05, 0.1) is 42.3 Å². The van der Waals surface area contributed by atoms with Crippen LogP contribution >= 0.6 is 0 Å². The average molecular weight is 531 g/mol. The van der Waals surface area contributed by atoms with E-state index in [1.165, 1.54) is 0 Å². The van der Waals surface area contributed by atoms with Crippen molar-refractivity contribution in [3.8, 4) is 17.0 Å². The van der Waals surface area contributed by atoms with Crippen LogP contribution < -0.4 is 14.5 Å². The number of hydrogen-bond acceptors (Lipinski definition) is 7. The molecule has 1 fully saturated rings. The first-order valence-corrected chi connectivity index (χ1v) is 13.9. The van der Waals surface area contributed by atoms with Crippen molar-refractivity contribution in [2.75, 3.05) is 43.1 Å². The number of aryl methyl sites for hydroxylation is 1. The van der Waals surface area contributed by atoms with Gasteiger partial charge in [-0.2, -0.15) is 0 Å². The molecule has 0 unspecified atom stereocenters. The number of carbonyl (C=O) groups excluding carboxylic acids is 1. The van der Waals surface area contributed by atoms with Crippen LogP contribution in [-0.2, 0) is 16.0 Å². The quantitative estimate of drug-likeness (QED) is 0.294. The second-order valence-corrected chi connectivity index (χ2v) is 11.4. The Morgan fingerprint density at radius 3 is 2.41 bits per heavy atom. The van der Waals surface area contributed by atoms with Gasteiger partial charge in [0.25, 0.3) is 0 Å². The lowest BCUT2D eigenvalue weighted by atomic mass is 9.82. The number of pyridine rings is 2. The van der Waals surface area contributed by atoms with Gasteiger partial charge in [-0.15, -0.1) is 0 Å². The highest BCUT2D eigenvalue weighted by molar-refractivity contribution is 5.84. The number of hydrogen-bond donors (Lipinski definition) is 0. The molecule has 39 heavy (non-hydrogen) atoms. The third-order valence-electron chi connectivity index (χ3n) is 7.39. The fraction of sp³-hybridized carbons (Fsp3) is 0.469. The minimum atomic E-state index is -0.228. The molecule has 0 bridgehead atoms. The topological polar surface area (TPSA) is 67.8 Å². The van der Waals surface area contributed by atoms with Crippen LogP contribution in [0.25, 0.3) is 11.3 Å². The number of esters is 1. The summed E-state index contributed by atoms with van der Waals surface area (Å²) in [6.45, 7) is 13.6. The molecule has 1 aromatic carbocycles. The Balaban J connectivity index is 1.58. The number of rotatable bonds is 10. The van der Waals surface area contributed by atoms with Gasteiger partial charge < -0.3 is 19.3 Å². The van der Waals surface area contributed by atoms with Gasteiger partial charge in [-0.25, -0.2) is 0 Å². The van der Waals surface area contributed by atoms with Crippen molar-refractivity contribution in [2.24, 2.45) is 5.41 Å². The van der Waals surface area contributed by atoms with Gasteiger partial charge in [-0.3, -0.25) is 14.8 Å². The van der Waals surface area contributed by atoms with Crippen molar-refractivity contribution in [2.45, 2.75) is 60.0 Å². The van der Waals surface area contributed by atoms with Gasteiger partial charge in [0.1, 0.15) is 12.4 Å². The minimum Gasteiger partial charge on any atom is -0.492 e. The van der Waals surface area contributed by atoms with Crippen molar-refractivity contribution in [3.05, 3.63) is 66.1 Å². The van der Waals surface area contributed by atoms with Crippen LogP contribution in [0.5, 0.6) is 5.75 Å². The largest absolute Gasteiger partial charge is 0.492 e. The van der Waals surface area contributed by atoms with E-state index >= 15 is 0 Å². The Labute approximate surface area is 233 Å². The van der Waals surface area contributed by atoms with Gasteiger partial charge >= 0.3 is 5.97 Å². The molecule has 208 valence electrons. The van der Waals surface area contributed by atoms with E-state index in [-0.39, 0.29) is 18.5 Å². The maximum Gasteiger partial charge on any atom is 0.310 e. The highest BCUT2D eigenvalue weighted by atomic mass is 16.5. The third-order valence-corrected chi connectivity index (χ3v) is 7.39. The fourth-order valence-corrected chi connectivity index (χ4v) is 4.90. The Hall–Kier alpha value is -3.61. The van der Waals surface area contributed by atoms with Crippen molar-refractivity contribution in [1.29, 1.82) is 0 Å². The molecule has 7 nitrogen and oxygen atoms in total. The summed E-state index contributed by atoms with van der Waals surface area (Å²) in [6.07, 6.45) is 6.02. The monoisotopic (exact) mass is 530 g/mol. The Bertz CT molecular complexity index is 1230. The molecule has 3 aromatic rings. The van der Waals surface area contributed by atoms with Crippen molar-refractivity contribution in [1.82, 2.24) is 9.97 Å². The predicted octanol–water partition coefficient (Wildman–Crippen LogP) is 6.09. The molecule has 1 saturated heterocycles. The standard InChI is InChI=1S/C32H42N4O3/c1-23(2)39-30(37)20-27-24(3)33-22-28(31(27)36-16-14-32(4,5)15-17-36)29-13-12-25(21-34-29)35(6)18-19-38-26-10-8-7-9-11-26/h7-13,21-23H,14-20H2,1-6H3. The predicted molar refractivity (Wildman–Crippen MR) is 158 cm³/mol. The van der Waals surface area contributed by atoms with E-state index in [4.69, 9.17) is 19.4 Å². The first-order valence-electron chi connectivity index (χ1n) is 13.9. The zero-order valence-electron chi connectivity index (χ0n) is 24.2. The summed E-state index contributed by atoms with van der Waals surface area (Å²) in [5.41, 5.74) is 5.96. The number of nitrogens with zero attached hydrogens (tertiary/aromatic N) is 4. The number of para-hydroxylation sites is 1. The highest BCUT2D eigenvalue weighted by Crippen LogP contribution is 2.39. The summed E-state index contributed by atoms with van der Waals surface area (Å²) in [5.74, 6) is 0.640. The van der Waals surface area contributed by atoms with Crippen LogP contribution in [0.15, 0.2) is 54.9 Å². The lowest BCUT2D eigenvalue weighted by molar-refractivity contribution is -0.146. The van der Waals surface area contributed by atoms with E-state index in [0.717, 1.165) is 72.1 Å². The molecule has 0 aliphatic carbocycles. The summed E-state index contributed by atoms with van der Waals surface area (Å²) in [5, 5.41) is 0. The van der Waals surface area contributed by atoms with E-state index in [1.807, 2.05) is 76.6 Å². The first kappa shape index (κ1) is 28.4. The second-order valence-electron chi connectivity index (χ2n) is 11.4. The van der Waals surface area contributed by atoms with Gasteiger partial charge in [-0.1, -0.05) is 32.0 Å². The van der Waals surface area contributed by atoms with E-state index in [1.54, 1.807) is 0 Å². The van der Waals surface area contributed by atoms with E-state index < -0.39 is 0 Å². The molecule has 4 rings (SSSR count). The van der Waals surface area contributed by atoms with Crippen LogP contribution in [0, 0.1) is 12.3 Å². The second kappa shape index (κ2) is 12.5. The lowest BCUT2D eigenvalue weighted by Crippen LogP contribution is -2.38. The molecule has 0 atom stereocenters. The summed E-state index contributed by atoms with van der Waals surface area (Å²) < 4.78 is 11.4. The van der Waals surface area contributed by atoms with Gasteiger partial charge in [0.15, 0.2) is 0 Å². The fourth-order valence-electron chi connectivity index (χ4n) is 4.90. The summed E-state index contributed by atoms with van der Waals surface area (Å²) in [6, 6.07) is 14.0. The molecule has 0 N–H and O–H groups in total. The van der Waals surface area contributed by atoms with Gasteiger partial charge in [0, 0.05) is 43.2 Å². The zero-order valence-corrected chi connectivity index (χ0v) is 24.2. The van der Waals surface area contributed by atoms with E-state index in [2.05, 4.69) is 29.7 Å². The summed E-state index contributed by atoms with van der Waals surface area (Å²) >= 11 is 0. The van der Waals surface area contributed by atoms with Crippen LogP contribution in [0.4, 0.5) is 11.4 Å². The number of benzene rings is 1. The Morgan fingerprint density at radius 1 is 1.05 bits per heavy atom. The van der Waals surface area contributed by atoms with Crippen LogP contribution in [0.1, 0.15) is 51.8 Å². The molecule has 0 saturated carbocycles. The molecule has 1 aliphatic rings. The Kier molecular flexibility index (Phi) is 9.10. The highest BCUT2D eigenvalue weighted by Gasteiger charge is 2.30. The molecular formula is C32H42N4O3. The van der Waals surface area contributed by atoms with Crippen LogP contribution in [0.3, 0.4) is 0 Å². The van der Waals surface area contributed by atoms with Gasteiger partial charge in [-0.05, 0) is 63.3 Å². The lowest BCUT2D eigenvalue weighted by Gasteiger charge is -2.40. The SMILES string of the molecule is Cc1ncc(-c2ccc(N(C)CCOc3ccccc3)cn2)c(N2CCC(C)(C)CC2)c1CC(=O)OC(C)C. The first-order chi connectivity index (χ1) is 18.6. The maximum atomic E-state index is 12.8. The number of aromatic nitrogens is 2. The number of ether oxygens (including phenoxy) is 2. The molecule has 3 heterocycles. The summed E-state index contributed by atoms with van der Waals surface area (Å²) in [7, 11) is 2.04. The molecule has 0 amide bonds. The molecule has 2 aromatic heterocycles. The normalized spacial score (nSPS) is 14.8. The molecule has 7 heteroatoms. The minimum absolute atomic E-state index is 0.155. The zero-order chi connectivity index (χ0) is 28.0. The number of carbonyl (C=O) groups is 1. The van der Waals surface area contributed by atoms with Crippen molar-refractivity contribution < 1.29 is 14.3 Å². The third kappa shape index (κ3) is 7.49. The molecule has 1 aliphatic heterocycles. The van der Waals surface area contributed by atoms with Crippen LogP contribution in [0.2, 0.25) is 0 Å². The maximum absolute atomic E-state index is 12.8. The van der Waals surface area contributed by atoms with E-state index in [0.29, 0.717) is 12.0 Å². The molecule has 0 spiro atoms. The van der Waals surface area contributed by atoms with Crippen molar-refractivity contribution in [3.63, 3.8) is 0 Å². The smallest absolute Gasteiger partial charge is 0.310 e. The van der Waals surface area contributed by atoms with E-state index in [9.17, 15) is 4.79 Å². The molecule has 0 radical (unpaired) electrons. The van der Waals surface area contributed by atoms with Crippen molar-refractivity contribution >= 4 is 17.3 Å². The number of piperidine rings is 1. The average Bonchev–Trinajstić information content (AvgIpc) is 2.90. The molecular weight excluding hydrogens is 488 g/mol.